The Labute approximate surface area is 125 Å². The summed E-state index contributed by atoms with van der Waals surface area (Å²) in [5.41, 5.74) is 0.667. The van der Waals surface area contributed by atoms with Crippen LogP contribution in [0.2, 0.25) is 0 Å². The van der Waals surface area contributed by atoms with Crippen molar-refractivity contribution in [2.75, 3.05) is 7.11 Å². The van der Waals surface area contributed by atoms with Gasteiger partial charge in [-0.2, -0.15) is 4.98 Å². The van der Waals surface area contributed by atoms with E-state index in [1.165, 1.54) is 11.8 Å². The molecule has 2 rings (SSSR count). The van der Waals surface area contributed by atoms with E-state index in [-0.39, 0.29) is 10.6 Å². The molecule has 2 N–H and O–H groups in total. The van der Waals surface area contributed by atoms with Gasteiger partial charge < -0.3 is 14.8 Å². The number of nitrogens with zero attached hydrogens (tertiary/aromatic N) is 1. The molecule has 6 nitrogen and oxygen atoms in total. The van der Waals surface area contributed by atoms with E-state index < -0.39 is 11.7 Å². The number of nitrogens with one attached hydrogen (secondary N) is 1. The molecule has 110 valence electrons. The standard InChI is InChI=1S/C14H14N2O4S/c1-8-11(13(17)18)12(16-14(19)15-8)21-7-9-5-3-4-6-10(9)20-2/h3-6H,7H2,1-2H3,(H,17,18)(H,15,16,19). The van der Waals surface area contributed by atoms with E-state index in [4.69, 9.17) is 4.74 Å². The number of aryl methyl sites for hydroxylation is 1. The number of aromatic carboxylic acids is 1. The molecule has 1 heterocycles. The predicted octanol–water partition coefficient (Wildman–Crippen LogP) is 2.08. The molecule has 0 saturated heterocycles. The summed E-state index contributed by atoms with van der Waals surface area (Å²) in [5.74, 6) is 0.0578. The quantitative estimate of drug-likeness (QED) is 0.649. The number of hydrogen-bond acceptors (Lipinski definition) is 5. The van der Waals surface area contributed by atoms with E-state index in [0.29, 0.717) is 17.2 Å². The number of methoxy groups -OCH3 is 1. The monoisotopic (exact) mass is 306 g/mol. The van der Waals surface area contributed by atoms with Crippen LogP contribution in [-0.2, 0) is 5.75 Å². The fourth-order valence-electron chi connectivity index (χ4n) is 1.88. The lowest BCUT2D eigenvalue weighted by molar-refractivity contribution is 0.0690. The maximum Gasteiger partial charge on any atom is 0.346 e. The number of aromatic amines is 1. The van der Waals surface area contributed by atoms with Crippen LogP contribution >= 0.6 is 11.8 Å². The maximum atomic E-state index is 11.4. The molecule has 0 atom stereocenters. The largest absolute Gasteiger partial charge is 0.496 e. The second kappa shape index (κ2) is 6.45. The molecular weight excluding hydrogens is 292 g/mol. The summed E-state index contributed by atoms with van der Waals surface area (Å²) in [6, 6.07) is 7.43. The number of carboxylic acids is 1. The lowest BCUT2D eigenvalue weighted by Gasteiger charge is -2.09. The highest BCUT2D eigenvalue weighted by Crippen LogP contribution is 2.28. The van der Waals surface area contributed by atoms with Crippen LogP contribution in [0.25, 0.3) is 0 Å². The van der Waals surface area contributed by atoms with Crippen LogP contribution in [0, 0.1) is 6.92 Å². The van der Waals surface area contributed by atoms with E-state index in [2.05, 4.69) is 9.97 Å². The molecule has 0 amide bonds. The molecule has 7 heteroatoms. The van der Waals surface area contributed by atoms with Gasteiger partial charge in [0.15, 0.2) is 0 Å². The third-order valence-corrected chi connectivity index (χ3v) is 3.88. The molecule has 0 aliphatic heterocycles. The van der Waals surface area contributed by atoms with E-state index in [1.807, 2.05) is 24.3 Å². The summed E-state index contributed by atoms with van der Waals surface area (Å²) in [5, 5.41) is 9.44. The second-order valence-corrected chi connectivity index (χ2v) is 5.22. The van der Waals surface area contributed by atoms with E-state index in [9.17, 15) is 14.7 Å². The number of rotatable bonds is 5. The van der Waals surface area contributed by atoms with Crippen LogP contribution in [0.1, 0.15) is 21.6 Å². The van der Waals surface area contributed by atoms with Crippen molar-refractivity contribution < 1.29 is 14.6 Å². The minimum absolute atomic E-state index is 0.0227. The average molecular weight is 306 g/mol. The normalized spacial score (nSPS) is 10.4. The van der Waals surface area contributed by atoms with Crippen molar-refractivity contribution in [1.29, 1.82) is 0 Å². The lowest BCUT2D eigenvalue weighted by atomic mass is 10.2. The highest BCUT2D eigenvalue weighted by atomic mass is 32.2. The zero-order chi connectivity index (χ0) is 15.4. The molecule has 1 aromatic carbocycles. The Bertz CT molecular complexity index is 727. The van der Waals surface area contributed by atoms with Gasteiger partial charge in [0.25, 0.3) is 0 Å². The van der Waals surface area contributed by atoms with Crippen molar-refractivity contribution in [2.24, 2.45) is 0 Å². The van der Waals surface area contributed by atoms with Gasteiger partial charge in [0, 0.05) is 17.0 Å². The lowest BCUT2D eigenvalue weighted by Crippen LogP contribution is -2.18. The van der Waals surface area contributed by atoms with Crippen molar-refractivity contribution in [3.05, 3.63) is 51.6 Å². The van der Waals surface area contributed by atoms with Gasteiger partial charge in [-0.15, -0.1) is 11.8 Å². The smallest absolute Gasteiger partial charge is 0.346 e. The Morgan fingerprint density at radius 1 is 1.43 bits per heavy atom. The number of thioether (sulfide) groups is 1. The van der Waals surface area contributed by atoms with Crippen LogP contribution in [0.5, 0.6) is 5.75 Å². The Balaban J connectivity index is 2.32. The van der Waals surface area contributed by atoms with Crippen molar-refractivity contribution >= 4 is 17.7 Å². The van der Waals surface area contributed by atoms with Gasteiger partial charge >= 0.3 is 11.7 Å². The fourth-order valence-corrected chi connectivity index (χ4v) is 2.95. The molecule has 0 aliphatic rings. The van der Waals surface area contributed by atoms with Crippen LogP contribution in [0.15, 0.2) is 34.1 Å². The van der Waals surface area contributed by atoms with E-state index in [0.717, 1.165) is 5.56 Å². The maximum absolute atomic E-state index is 11.4. The van der Waals surface area contributed by atoms with Crippen molar-refractivity contribution in [2.45, 2.75) is 17.7 Å². The summed E-state index contributed by atoms with van der Waals surface area (Å²) in [4.78, 5) is 28.9. The molecule has 0 spiro atoms. The van der Waals surface area contributed by atoms with Crippen LogP contribution < -0.4 is 10.4 Å². The van der Waals surface area contributed by atoms with Gasteiger partial charge in [-0.1, -0.05) is 18.2 Å². The molecule has 2 aromatic rings. The number of carbonyl (C=O) groups is 1. The Morgan fingerprint density at radius 2 is 2.14 bits per heavy atom. The highest BCUT2D eigenvalue weighted by Gasteiger charge is 2.17. The van der Waals surface area contributed by atoms with Gasteiger partial charge in [0.2, 0.25) is 0 Å². The molecule has 0 radical (unpaired) electrons. The topological polar surface area (TPSA) is 92.3 Å². The predicted molar refractivity (Wildman–Crippen MR) is 79.1 cm³/mol. The van der Waals surface area contributed by atoms with E-state index in [1.54, 1.807) is 14.0 Å². The van der Waals surface area contributed by atoms with Crippen LogP contribution in [0.3, 0.4) is 0 Å². The summed E-state index contributed by atoms with van der Waals surface area (Å²) < 4.78 is 5.24. The average Bonchev–Trinajstić information content (AvgIpc) is 2.44. The summed E-state index contributed by atoms with van der Waals surface area (Å²) in [6.45, 7) is 1.54. The van der Waals surface area contributed by atoms with Crippen LogP contribution in [0.4, 0.5) is 0 Å². The number of hydrogen-bond donors (Lipinski definition) is 2. The summed E-state index contributed by atoms with van der Waals surface area (Å²) in [6.07, 6.45) is 0. The zero-order valence-corrected chi connectivity index (χ0v) is 12.4. The number of H-pyrrole nitrogens is 1. The first-order valence-corrected chi connectivity index (χ1v) is 7.10. The molecular formula is C14H14N2O4S. The van der Waals surface area contributed by atoms with Crippen molar-refractivity contribution in [3.63, 3.8) is 0 Å². The highest BCUT2D eigenvalue weighted by molar-refractivity contribution is 7.98. The molecule has 0 bridgehead atoms. The molecule has 0 unspecified atom stereocenters. The first-order chi connectivity index (χ1) is 10.0. The summed E-state index contributed by atoms with van der Waals surface area (Å²) >= 11 is 1.19. The minimum Gasteiger partial charge on any atom is -0.496 e. The SMILES string of the molecule is COc1ccccc1CSc1nc(=O)[nH]c(C)c1C(=O)O. The molecule has 1 aromatic heterocycles. The number of benzene rings is 1. The Hall–Kier alpha value is -2.28. The van der Waals surface area contributed by atoms with Gasteiger partial charge in [0.1, 0.15) is 16.3 Å². The third kappa shape index (κ3) is 3.43. The molecule has 0 fully saturated rings. The van der Waals surface area contributed by atoms with Gasteiger partial charge in [-0.25, -0.2) is 9.59 Å². The number of aromatic nitrogens is 2. The van der Waals surface area contributed by atoms with Crippen molar-refractivity contribution in [1.82, 2.24) is 9.97 Å². The summed E-state index contributed by atoms with van der Waals surface area (Å²) in [7, 11) is 1.57. The number of carboxylic acid groups (broad SMARTS) is 1. The zero-order valence-electron chi connectivity index (χ0n) is 11.5. The Morgan fingerprint density at radius 3 is 2.81 bits per heavy atom. The van der Waals surface area contributed by atoms with Gasteiger partial charge in [0.05, 0.1) is 7.11 Å². The van der Waals surface area contributed by atoms with E-state index >= 15 is 0 Å². The molecule has 21 heavy (non-hydrogen) atoms. The van der Waals surface area contributed by atoms with Crippen LogP contribution in [-0.4, -0.2) is 28.2 Å². The molecule has 0 saturated carbocycles. The second-order valence-electron chi connectivity index (χ2n) is 4.25. The molecule has 0 aliphatic carbocycles. The van der Waals surface area contributed by atoms with Crippen molar-refractivity contribution in [3.8, 4) is 5.75 Å². The minimum atomic E-state index is -1.11. The Kier molecular flexibility index (Phi) is 4.64. The fraction of sp³-hybridized carbons (Fsp3) is 0.214. The van der Waals surface area contributed by atoms with Gasteiger partial charge in [-0.05, 0) is 13.0 Å². The number of ether oxygens (including phenoxy) is 1. The van der Waals surface area contributed by atoms with Gasteiger partial charge in [-0.3, -0.25) is 0 Å². The first-order valence-electron chi connectivity index (χ1n) is 6.12. The first kappa shape index (κ1) is 15.1. The number of para-hydroxylation sites is 1. The third-order valence-electron chi connectivity index (χ3n) is 2.86.